The van der Waals surface area contributed by atoms with Gasteiger partial charge in [-0.1, -0.05) is 24.3 Å². The fourth-order valence-electron chi connectivity index (χ4n) is 3.88. The Hall–Kier alpha value is -5.16. The van der Waals surface area contributed by atoms with E-state index in [1.807, 2.05) is 67.6 Å². The quantitative estimate of drug-likeness (QED) is 0.317. The average molecular weight is 475 g/mol. The Labute approximate surface area is 207 Å². The molecule has 0 saturated heterocycles. The molecule has 0 saturated carbocycles. The molecule has 176 valence electrons. The molecular formula is C28H22N6O2. The van der Waals surface area contributed by atoms with Crippen LogP contribution in [0.1, 0.15) is 16.7 Å². The lowest BCUT2D eigenvalue weighted by atomic mass is 10.1. The van der Waals surface area contributed by atoms with E-state index >= 15 is 0 Å². The van der Waals surface area contributed by atoms with Crippen LogP contribution in [0.3, 0.4) is 0 Å². The lowest BCUT2D eigenvalue weighted by Crippen LogP contribution is -2.14. The normalized spacial score (nSPS) is 10.6. The molecule has 8 nitrogen and oxygen atoms in total. The summed E-state index contributed by atoms with van der Waals surface area (Å²) in [6.45, 7) is 1.89. The molecule has 0 aliphatic rings. The molecule has 3 aromatic heterocycles. The van der Waals surface area contributed by atoms with Gasteiger partial charge in [0.15, 0.2) is 0 Å². The molecule has 0 aliphatic carbocycles. The number of aromatic nitrogens is 3. The maximum atomic E-state index is 12.6. The standard InChI is InChI=1S/C28H22N6O2/c1-19-25(33-26(35)14-20-6-5-13-30-16-20)18-34-28(19)27(21(15-29)17-31-34)32-22-9-11-24(12-10-22)36-23-7-3-2-4-8-23/h2-13,16-18,32H,14H2,1H3,(H,33,35). The summed E-state index contributed by atoms with van der Waals surface area (Å²) in [6.07, 6.45) is 6.79. The van der Waals surface area contributed by atoms with Gasteiger partial charge in [-0.2, -0.15) is 10.4 Å². The van der Waals surface area contributed by atoms with Gasteiger partial charge in [0.25, 0.3) is 0 Å². The van der Waals surface area contributed by atoms with Crippen molar-refractivity contribution in [1.29, 1.82) is 5.26 Å². The number of nitrogens with one attached hydrogen (secondary N) is 2. The number of carbonyl (C=O) groups is 1. The van der Waals surface area contributed by atoms with Crippen LogP contribution in [-0.4, -0.2) is 20.5 Å². The van der Waals surface area contributed by atoms with Crippen LogP contribution in [0.4, 0.5) is 17.1 Å². The zero-order chi connectivity index (χ0) is 24.9. The number of anilines is 3. The number of nitriles is 1. The molecule has 5 rings (SSSR count). The van der Waals surface area contributed by atoms with Gasteiger partial charge in [0.05, 0.1) is 41.3 Å². The number of carbonyl (C=O) groups excluding carboxylic acids is 1. The highest BCUT2D eigenvalue weighted by molar-refractivity contribution is 5.96. The minimum absolute atomic E-state index is 0.161. The predicted octanol–water partition coefficient (Wildman–Crippen LogP) is 5.63. The van der Waals surface area contributed by atoms with E-state index in [9.17, 15) is 10.1 Å². The van der Waals surface area contributed by atoms with E-state index in [1.54, 1.807) is 29.2 Å². The van der Waals surface area contributed by atoms with Crippen molar-refractivity contribution in [2.45, 2.75) is 13.3 Å². The molecule has 0 radical (unpaired) electrons. The predicted molar refractivity (Wildman–Crippen MR) is 137 cm³/mol. The Morgan fingerprint density at radius 1 is 1.03 bits per heavy atom. The van der Waals surface area contributed by atoms with Crippen molar-refractivity contribution in [3.05, 3.63) is 108 Å². The molecule has 3 heterocycles. The second-order valence-corrected chi connectivity index (χ2v) is 8.16. The monoisotopic (exact) mass is 474 g/mol. The van der Waals surface area contributed by atoms with Gasteiger partial charge in [0, 0.05) is 23.6 Å². The molecule has 0 unspecified atom stereocenters. The summed E-state index contributed by atoms with van der Waals surface area (Å²) in [5, 5.41) is 20.4. The number of amides is 1. The van der Waals surface area contributed by atoms with Crippen molar-refractivity contribution in [2.75, 3.05) is 10.6 Å². The SMILES string of the molecule is Cc1c(NC(=O)Cc2cccnc2)cn2ncc(C#N)c(Nc3ccc(Oc4ccccc4)cc3)c12. The fraction of sp³-hybridized carbons (Fsp3) is 0.0714. The molecule has 0 fully saturated rings. The largest absolute Gasteiger partial charge is 0.457 e. The number of benzene rings is 2. The summed E-state index contributed by atoms with van der Waals surface area (Å²) in [7, 11) is 0. The second kappa shape index (κ2) is 9.99. The van der Waals surface area contributed by atoms with E-state index in [0.29, 0.717) is 28.2 Å². The highest BCUT2D eigenvalue weighted by Crippen LogP contribution is 2.33. The van der Waals surface area contributed by atoms with Gasteiger partial charge >= 0.3 is 0 Å². The molecule has 0 bridgehead atoms. The molecule has 5 aromatic rings. The molecular weight excluding hydrogens is 452 g/mol. The minimum atomic E-state index is -0.161. The number of ether oxygens (including phenoxy) is 1. The highest BCUT2D eigenvalue weighted by Gasteiger charge is 2.17. The number of hydrogen-bond acceptors (Lipinski definition) is 6. The first kappa shape index (κ1) is 22.6. The summed E-state index contributed by atoms with van der Waals surface area (Å²) in [5.41, 5.74) is 4.73. The first-order chi connectivity index (χ1) is 17.6. The van der Waals surface area contributed by atoms with Crippen LogP contribution in [-0.2, 0) is 11.2 Å². The third kappa shape index (κ3) is 4.86. The van der Waals surface area contributed by atoms with Crippen LogP contribution in [0, 0.1) is 18.3 Å². The van der Waals surface area contributed by atoms with Crippen molar-refractivity contribution < 1.29 is 9.53 Å². The summed E-state index contributed by atoms with van der Waals surface area (Å²) in [5.74, 6) is 1.29. The Morgan fingerprint density at radius 2 is 1.81 bits per heavy atom. The van der Waals surface area contributed by atoms with Gasteiger partial charge < -0.3 is 15.4 Å². The van der Waals surface area contributed by atoms with E-state index in [4.69, 9.17) is 4.74 Å². The topological polar surface area (TPSA) is 104 Å². The van der Waals surface area contributed by atoms with Crippen LogP contribution < -0.4 is 15.4 Å². The van der Waals surface area contributed by atoms with Gasteiger partial charge in [-0.25, -0.2) is 4.52 Å². The third-order valence-corrected chi connectivity index (χ3v) is 5.64. The fourth-order valence-corrected chi connectivity index (χ4v) is 3.88. The second-order valence-electron chi connectivity index (χ2n) is 8.16. The van der Waals surface area contributed by atoms with Gasteiger partial charge in [-0.15, -0.1) is 0 Å². The van der Waals surface area contributed by atoms with E-state index in [1.165, 1.54) is 6.20 Å². The Morgan fingerprint density at radius 3 is 2.53 bits per heavy atom. The number of fused-ring (bicyclic) bond motifs is 1. The third-order valence-electron chi connectivity index (χ3n) is 5.64. The molecule has 1 amide bonds. The lowest BCUT2D eigenvalue weighted by molar-refractivity contribution is -0.115. The maximum Gasteiger partial charge on any atom is 0.228 e. The zero-order valence-electron chi connectivity index (χ0n) is 19.5. The van der Waals surface area contributed by atoms with Crippen molar-refractivity contribution >= 4 is 28.5 Å². The molecule has 0 spiro atoms. The number of aryl methyl sites for hydroxylation is 1. The Balaban J connectivity index is 1.40. The smallest absolute Gasteiger partial charge is 0.228 e. The Bertz CT molecular complexity index is 1560. The van der Waals surface area contributed by atoms with Gasteiger partial charge in [-0.3, -0.25) is 9.78 Å². The van der Waals surface area contributed by atoms with E-state index in [0.717, 1.165) is 22.6 Å². The average Bonchev–Trinajstić information content (AvgIpc) is 3.21. The summed E-state index contributed by atoms with van der Waals surface area (Å²) in [4.78, 5) is 16.7. The molecule has 36 heavy (non-hydrogen) atoms. The maximum absolute atomic E-state index is 12.6. The Kier molecular flexibility index (Phi) is 6.28. The van der Waals surface area contributed by atoms with Crippen molar-refractivity contribution in [3.63, 3.8) is 0 Å². The van der Waals surface area contributed by atoms with E-state index in [2.05, 4.69) is 26.8 Å². The number of hydrogen-bond donors (Lipinski definition) is 2. The number of nitrogens with zero attached hydrogens (tertiary/aromatic N) is 4. The van der Waals surface area contributed by atoms with Crippen LogP contribution in [0.25, 0.3) is 5.52 Å². The molecule has 0 atom stereocenters. The van der Waals surface area contributed by atoms with Gasteiger partial charge in [0.1, 0.15) is 17.6 Å². The van der Waals surface area contributed by atoms with Crippen molar-refractivity contribution in [1.82, 2.24) is 14.6 Å². The van der Waals surface area contributed by atoms with Gasteiger partial charge in [0.2, 0.25) is 5.91 Å². The molecule has 0 aliphatic heterocycles. The van der Waals surface area contributed by atoms with Crippen LogP contribution >= 0.6 is 0 Å². The number of para-hydroxylation sites is 1. The molecule has 2 aromatic carbocycles. The first-order valence-electron chi connectivity index (χ1n) is 11.3. The minimum Gasteiger partial charge on any atom is -0.457 e. The first-order valence-corrected chi connectivity index (χ1v) is 11.3. The summed E-state index contributed by atoms with van der Waals surface area (Å²) < 4.78 is 7.52. The number of rotatable bonds is 7. The van der Waals surface area contributed by atoms with E-state index in [-0.39, 0.29) is 12.3 Å². The van der Waals surface area contributed by atoms with Gasteiger partial charge in [-0.05, 0) is 55.0 Å². The summed E-state index contributed by atoms with van der Waals surface area (Å²) >= 11 is 0. The molecule has 2 N–H and O–H groups in total. The highest BCUT2D eigenvalue weighted by atomic mass is 16.5. The van der Waals surface area contributed by atoms with Crippen LogP contribution in [0.15, 0.2) is 91.5 Å². The zero-order valence-corrected chi connectivity index (χ0v) is 19.5. The lowest BCUT2D eigenvalue weighted by Gasteiger charge is -2.12. The molecule has 8 heteroatoms. The van der Waals surface area contributed by atoms with Crippen LogP contribution in [0.5, 0.6) is 11.5 Å². The number of pyridine rings is 1. The van der Waals surface area contributed by atoms with Crippen molar-refractivity contribution in [2.24, 2.45) is 0 Å². The van der Waals surface area contributed by atoms with Crippen molar-refractivity contribution in [3.8, 4) is 17.6 Å². The van der Waals surface area contributed by atoms with E-state index < -0.39 is 0 Å². The van der Waals surface area contributed by atoms with Crippen LogP contribution in [0.2, 0.25) is 0 Å². The summed E-state index contributed by atoms with van der Waals surface area (Å²) in [6, 6.07) is 22.9.